The molecule has 0 aromatic rings. The molecule has 1 spiro atoms. The fraction of sp³-hybridized carbons (Fsp3) is 0.857. The summed E-state index contributed by atoms with van der Waals surface area (Å²) < 4.78 is 0. The molecule has 3 unspecified atom stereocenters. The van der Waals surface area contributed by atoms with E-state index in [4.69, 9.17) is 0 Å². The minimum atomic E-state index is 0.896. The van der Waals surface area contributed by atoms with E-state index in [2.05, 4.69) is 6.08 Å². The molecule has 0 radical (unpaired) electrons. The lowest BCUT2D eigenvalue weighted by Crippen LogP contribution is -2.30. The summed E-state index contributed by atoms with van der Waals surface area (Å²) in [5.41, 5.74) is 2.76. The molecule has 0 heteroatoms. The monoisotopic (exact) mass is 188 g/mol. The Balaban J connectivity index is 1.47. The van der Waals surface area contributed by atoms with Gasteiger partial charge in [0.2, 0.25) is 0 Å². The number of fused-ring (bicyclic) bond motifs is 1. The molecular formula is C14H20. The quantitative estimate of drug-likeness (QED) is 0.576. The second-order valence-corrected chi connectivity index (χ2v) is 6.40. The Morgan fingerprint density at radius 1 is 1.21 bits per heavy atom. The molecule has 2 bridgehead atoms. The molecule has 14 heavy (non-hydrogen) atoms. The van der Waals surface area contributed by atoms with E-state index < -0.39 is 0 Å². The summed E-state index contributed by atoms with van der Waals surface area (Å²) in [6.45, 7) is 0. The van der Waals surface area contributed by atoms with Gasteiger partial charge in [-0.3, -0.25) is 0 Å². The van der Waals surface area contributed by atoms with Crippen molar-refractivity contribution in [2.24, 2.45) is 23.2 Å². The van der Waals surface area contributed by atoms with Crippen LogP contribution in [-0.2, 0) is 0 Å². The van der Waals surface area contributed by atoms with Crippen molar-refractivity contribution in [3.05, 3.63) is 11.6 Å². The van der Waals surface area contributed by atoms with Crippen molar-refractivity contribution in [1.82, 2.24) is 0 Å². The number of rotatable bonds is 2. The maximum absolute atomic E-state index is 2.68. The first-order valence-electron chi connectivity index (χ1n) is 6.55. The van der Waals surface area contributed by atoms with Crippen molar-refractivity contribution in [3.8, 4) is 0 Å². The molecule has 3 fully saturated rings. The van der Waals surface area contributed by atoms with Gasteiger partial charge in [-0.1, -0.05) is 37.3 Å². The molecule has 0 saturated heterocycles. The van der Waals surface area contributed by atoms with Gasteiger partial charge in [-0.05, 0) is 48.9 Å². The van der Waals surface area contributed by atoms with Crippen molar-refractivity contribution >= 4 is 0 Å². The second kappa shape index (κ2) is 2.46. The first-order valence-corrected chi connectivity index (χ1v) is 6.55. The summed E-state index contributed by atoms with van der Waals surface area (Å²) in [6, 6.07) is 0. The maximum Gasteiger partial charge on any atom is -0.0191 e. The maximum atomic E-state index is 2.68. The van der Waals surface area contributed by atoms with Crippen LogP contribution in [0.15, 0.2) is 11.6 Å². The first kappa shape index (κ1) is 7.96. The molecule has 0 nitrogen and oxygen atoms in total. The molecule has 0 aromatic heterocycles. The number of hydrogen-bond donors (Lipinski definition) is 0. The third-order valence-electron chi connectivity index (χ3n) is 5.47. The third-order valence-corrected chi connectivity index (χ3v) is 5.47. The second-order valence-electron chi connectivity index (χ2n) is 6.40. The van der Waals surface area contributed by atoms with E-state index in [0.717, 1.165) is 23.2 Å². The van der Waals surface area contributed by atoms with Gasteiger partial charge >= 0.3 is 0 Å². The SMILES string of the molecule is C1=C(CC2CCCC2)CC23CC1C2C3. The Morgan fingerprint density at radius 3 is 2.79 bits per heavy atom. The molecule has 0 amide bonds. The van der Waals surface area contributed by atoms with E-state index in [9.17, 15) is 0 Å². The summed E-state index contributed by atoms with van der Waals surface area (Å²) in [4.78, 5) is 0. The summed E-state index contributed by atoms with van der Waals surface area (Å²) in [5, 5.41) is 0. The van der Waals surface area contributed by atoms with Crippen molar-refractivity contribution in [1.29, 1.82) is 0 Å². The highest BCUT2D eigenvalue weighted by molar-refractivity contribution is 5.31. The molecule has 0 aliphatic heterocycles. The molecule has 5 rings (SSSR count). The van der Waals surface area contributed by atoms with Crippen LogP contribution in [0, 0.1) is 23.2 Å². The average molecular weight is 188 g/mol. The highest BCUT2D eigenvalue weighted by atomic mass is 14.7. The van der Waals surface area contributed by atoms with E-state index in [-0.39, 0.29) is 0 Å². The van der Waals surface area contributed by atoms with Crippen molar-refractivity contribution in [2.75, 3.05) is 0 Å². The van der Waals surface area contributed by atoms with Crippen LogP contribution in [0.25, 0.3) is 0 Å². The zero-order valence-corrected chi connectivity index (χ0v) is 8.97. The van der Waals surface area contributed by atoms with Gasteiger partial charge in [0.05, 0.1) is 0 Å². The van der Waals surface area contributed by atoms with E-state index in [0.29, 0.717) is 0 Å². The van der Waals surface area contributed by atoms with Crippen LogP contribution >= 0.6 is 0 Å². The Labute approximate surface area is 86.8 Å². The highest BCUT2D eigenvalue weighted by Gasteiger charge is 2.67. The average Bonchev–Trinajstić information content (AvgIpc) is 2.61. The number of hydrogen-bond acceptors (Lipinski definition) is 0. The predicted octanol–water partition coefficient (Wildman–Crippen LogP) is 3.92. The Bertz CT molecular complexity index is 295. The van der Waals surface area contributed by atoms with Crippen molar-refractivity contribution in [2.45, 2.75) is 51.4 Å². The largest absolute Gasteiger partial charge is 0.0819 e. The van der Waals surface area contributed by atoms with E-state index in [1.807, 2.05) is 5.57 Å². The zero-order valence-electron chi connectivity index (χ0n) is 8.97. The minimum Gasteiger partial charge on any atom is -0.0819 e. The van der Waals surface area contributed by atoms with E-state index >= 15 is 0 Å². The standard InChI is InChI=1S/C14H20/c1-2-4-10(3-1)5-11-6-12-8-14(7-11)9-13(12)14/h6,10,12-13H,1-5,7-9H2. The normalized spacial score (nSPS) is 49.6. The van der Waals surface area contributed by atoms with Gasteiger partial charge in [-0.25, -0.2) is 0 Å². The van der Waals surface area contributed by atoms with Crippen LogP contribution in [0.5, 0.6) is 0 Å². The van der Waals surface area contributed by atoms with Gasteiger partial charge in [0, 0.05) is 0 Å². The Morgan fingerprint density at radius 2 is 2.07 bits per heavy atom. The van der Waals surface area contributed by atoms with Gasteiger partial charge in [-0.15, -0.1) is 0 Å². The van der Waals surface area contributed by atoms with Gasteiger partial charge < -0.3 is 0 Å². The fourth-order valence-corrected chi connectivity index (χ4v) is 4.66. The topological polar surface area (TPSA) is 0 Å². The molecule has 0 aromatic carbocycles. The molecule has 0 N–H and O–H groups in total. The molecule has 5 aliphatic carbocycles. The Hall–Kier alpha value is -0.260. The van der Waals surface area contributed by atoms with Crippen molar-refractivity contribution < 1.29 is 0 Å². The summed E-state index contributed by atoms with van der Waals surface area (Å²) in [7, 11) is 0. The molecule has 3 saturated carbocycles. The summed E-state index contributed by atoms with van der Waals surface area (Å²) in [6.07, 6.45) is 14.9. The van der Waals surface area contributed by atoms with Gasteiger partial charge in [0.1, 0.15) is 0 Å². The van der Waals surface area contributed by atoms with Gasteiger partial charge in [-0.2, -0.15) is 0 Å². The van der Waals surface area contributed by atoms with E-state index in [1.54, 1.807) is 12.8 Å². The lowest BCUT2D eigenvalue weighted by Gasteiger charge is -2.39. The van der Waals surface area contributed by atoms with Crippen LogP contribution < -0.4 is 0 Å². The van der Waals surface area contributed by atoms with Crippen LogP contribution in [0.2, 0.25) is 0 Å². The third kappa shape index (κ3) is 0.951. The molecule has 0 heterocycles. The Kier molecular flexibility index (Phi) is 1.40. The van der Waals surface area contributed by atoms with Crippen LogP contribution in [-0.4, -0.2) is 0 Å². The van der Waals surface area contributed by atoms with E-state index in [1.165, 1.54) is 38.5 Å². The smallest absolute Gasteiger partial charge is 0.0191 e. The number of allylic oxidation sites excluding steroid dienone is 2. The predicted molar refractivity (Wildman–Crippen MR) is 57.9 cm³/mol. The summed E-state index contributed by atoms with van der Waals surface area (Å²) in [5.74, 6) is 3.28. The van der Waals surface area contributed by atoms with Gasteiger partial charge in [0.25, 0.3) is 0 Å². The molecule has 3 atom stereocenters. The minimum absolute atomic E-state index is 0.896. The van der Waals surface area contributed by atoms with Crippen molar-refractivity contribution in [3.63, 3.8) is 0 Å². The van der Waals surface area contributed by atoms with Crippen LogP contribution in [0.3, 0.4) is 0 Å². The highest BCUT2D eigenvalue weighted by Crippen LogP contribution is 2.76. The van der Waals surface area contributed by atoms with Crippen LogP contribution in [0.1, 0.15) is 51.4 Å². The molecule has 5 aliphatic rings. The molecular weight excluding hydrogens is 168 g/mol. The first-order chi connectivity index (χ1) is 6.86. The molecule has 76 valence electrons. The lowest BCUT2D eigenvalue weighted by molar-refractivity contribution is 0.194. The lowest BCUT2D eigenvalue weighted by atomic mass is 9.65. The van der Waals surface area contributed by atoms with Crippen LogP contribution in [0.4, 0.5) is 0 Å². The zero-order chi connectivity index (χ0) is 9.17. The summed E-state index contributed by atoms with van der Waals surface area (Å²) >= 11 is 0. The van der Waals surface area contributed by atoms with Gasteiger partial charge in [0.15, 0.2) is 0 Å². The fourth-order valence-electron chi connectivity index (χ4n) is 4.66.